The highest BCUT2D eigenvalue weighted by Gasteiger charge is 2.38. The second-order valence-electron chi connectivity index (χ2n) is 5.37. The summed E-state index contributed by atoms with van der Waals surface area (Å²) in [7, 11) is 0. The van der Waals surface area contributed by atoms with Gasteiger partial charge in [-0.05, 0) is 35.8 Å². The Labute approximate surface area is 138 Å². The first-order valence-electron chi connectivity index (χ1n) is 7.08. The van der Waals surface area contributed by atoms with Gasteiger partial charge in [0, 0.05) is 0 Å². The van der Waals surface area contributed by atoms with Crippen LogP contribution in [0.3, 0.4) is 0 Å². The number of ether oxygens (including phenoxy) is 1. The lowest BCUT2D eigenvalue weighted by atomic mass is 10.0. The third kappa shape index (κ3) is 4.82. The molecule has 1 aliphatic carbocycles. The molecule has 2 rings (SSSR count). The minimum absolute atomic E-state index is 0.000211. The van der Waals surface area contributed by atoms with Gasteiger partial charge in [0.15, 0.2) is 0 Å². The molecule has 0 heterocycles. The lowest BCUT2D eigenvalue weighted by molar-refractivity contribution is -0.144. The number of benzene rings is 1. The van der Waals surface area contributed by atoms with E-state index in [1.807, 2.05) is 0 Å². The molecule has 1 N–H and O–H groups in total. The zero-order valence-electron chi connectivity index (χ0n) is 12.6. The Morgan fingerprint density at radius 1 is 1.08 bits per heavy atom. The summed E-state index contributed by atoms with van der Waals surface area (Å²) in [5.41, 5.74) is -3.12. The second-order valence-corrected chi connectivity index (χ2v) is 5.37. The fourth-order valence-electron chi connectivity index (χ4n) is 2.29. The summed E-state index contributed by atoms with van der Waals surface area (Å²) in [5, 5.41) is 8.88. The third-order valence-electron chi connectivity index (χ3n) is 3.59. The first-order chi connectivity index (χ1) is 11.5. The molecule has 0 radical (unpaired) electrons. The van der Waals surface area contributed by atoms with Crippen LogP contribution in [0.25, 0.3) is 0 Å². The number of aliphatic hydroxyl groups excluding tert-OH is 1. The van der Waals surface area contributed by atoms with Gasteiger partial charge in [-0.1, -0.05) is 12.1 Å². The minimum atomic E-state index is -5.01. The first-order valence-corrected chi connectivity index (χ1v) is 7.08. The van der Waals surface area contributed by atoms with Gasteiger partial charge in [-0.15, -0.1) is 0 Å². The van der Waals surface area contributed by atoms with Crippen LogP contribution in [0.15, 0.2) is 41.8 Å². The minimum Gasteiger partial charge on any atom is -0.392 e. The lowest BCUT2D eigenvalue weighted by Crippen LogP contribution is -2.19. The molecular weight excluding hydrogens is 357 g/mol. The molecule has 1 atom stereocenters. The summed E-state index contributed by atoms with van der Waals surface area (Å²) in [6.07, 6.45) is -8.61. The molecule has 25 heavy (non-hydrogen) atoms. The molecule has 0 saturated carbocycles. The largest absolute Gasteiger partial charge is 0.416 e. The van der Waals surface area contributed by atoms with Crippen LogP contribution in [0.5, 0.6) is 0 Å². The molecule has 1 unspecified atom stereocenters. The fourth-order valence-corrected chi connectivity index (χ4v) is 2.29. The van der Waals surface area contributed by atoms with Crippen molar-refractivity contribution in [2.45, 2.75) is 31.5 Å². The molecule has 2 nitrogen and oxygen atoms in total. The van der Waals surface area contributed by atoms with E-state index < -0.39 is 54.2 Å². The van der Waals surface area contributed by atoms with E-state index in [0.717, 1.165) is 6.08 Å². The van der Waals surface area contributed by atoms with E-state index in [1.165, 1.54) is 6.08 Å². The van der Waals surface area contributed by atoms with Crippen LogP contribution < -0.4 is 0 Å². The van der Waals surface area contributed by atoms with E-state index in [9.17, 15) is 30.7 Å². The van der Waals surface area contributed by atoms with Crippen molar-refractivity contribution in [1.82, 2.24) is 0 Å². The first kappa shape index (κ1) is 19.5. The van der Waals surface area contributed by atoms with Crippen LogP contribution in [-0.2, 0) is 23.7 Å². The SMILES string of the molecule is OCC1=CCC(OCc2ccc(C(F)(F)F)cc2C(F)(F)F)C(F)=C1. The van der Waals surface area contributed by atoms with Crippen LogP contribution >= 0.6 is 0 Å². The lowest BCUT2D eigenvalue weighted by Gasteiger charge is -2.21. The van der Waals surface area contributed by atoms with E-state index in [2.05, 4.69) is 0 Å². The van der Waals surface area contributed by atoms with E-state index in [-0.39, 0.29) is 12.5 Å². The van der Waals surface area contributed by atoms with Crippen molar-refractivity contribution in [2.75, 3.05) is 6.61 Å². The number of hydrogen-bond acceptors (Lipinski definition) is 2. The smallest absolute Gasteiger partial charge is 0.392 e. The maximum Gasteiger partial charge on any atom is 0.416 e. The van der Waals surface area contributed by atoms with Gasteiger partial charge in [0.2, 0.25) is 0 Å². The van der Waals surface area contributed by atoms with Gasteiger partial charge in [-0.25, -0.2) is 4.39 Å². The number of alkyl halides is 6. The van der Waals surface area contributed by atoms with Crippen LogP contribution in [0, 0.1) is 0 Å². The number of rotatable bonds is 4. The molecule has 0 saturated heterocycles. The summed E-state index contributed by atoms with van der Waals surface area (Å²) in [6, 6.07) is 1.20. The molecule has 0 aromatic heterocycles. The normalized spacial score (nSPS) is 18.8. The molecule has 9 heteroatoms. The Bertz CT molecular complexity index is 687. The van der Waals surface area contributed by atoms with Crippen LogP contribution in [0.2, 0.25) is 0 Å². The molecule has 1 aliphatic rings. The Morgan fingerprint density at radius 3 is 2.28 bits per heavy atom. The van der Waals surface area contributed by atoms with Crippen molar-refractivity contribution < 1.29 is 40.6 Å². The number of halogens is 7. The molecule has 0 aliphatic heterocycles. The number of aliphatic hydroxyl groups is 1. The Balaban J connectivity index is 2.20. The Kier molecular flexibility index (Phi) is 5.58. The van der Waals surface area contributed by atoms with Gasteiger partial charge in [0.1, 0.15) is 11.9 Å². The Morgan fingerprint density at radius 2 is 1.76 bits per heavy atom. The fraction of sp³-hybridized carbons (Fsp3) is 0.375. The van der Waals surface area contributed by atoms with Gasteiger partial charge in [-0.2, -0.15) is 26.3 Å². The highest BCUT2D eigenvalue weighted by Crippen LogP contribution is 2.38. The van der Waals surface area contributed by atoms with Crippen LogP contribution in [0.1, 0.15) is 23.1 Å². The quantitative estimate of drug-likeness (QED) is 0.773. The van der Waals surface area contributed by atoms with Gasteiger partial charge in [0.25, 0.3) is 0 Å². The zero-order valence-corrected chi connectivity index (χ0v) is 12.6. The molecule has 0 spiro atoms. The van der Waals surface area contributed by atoms with Crippen molar-refractivity contribution in [3.8, 4) is 0 Å². The van der Waals surface area contributed by atoms with Crippen molar-refractivity contribution >= 4 is 0 Å². The molecule has 0 fully saturated rings. The highest BCUT2D eigenvalue weighted by atomic mass is 19.4. The van der Waals surface area contributed by atoms with Gasteiger partial charge < -0.3 is 9.84 Å². The van der Waals surface area contributed by atoms with Crippen LogP contribution in [-0.4, -0.2) is 17.8 Å². The molecule has 0 amide bonds. The van der Waals surface area contributed by atoms with Crippen molar-refractivity contribution in [3.63, 3.8) is 0 Å². The maximum absolute atomic E-state index is 13.8. The average Bonchev–Trinajstić information content (AvgIpc) is 2.51. The zero-order chi connectivity index (χ0) is 18.8. The predicted octanol–water partition coefficient (Wildman–Crippen LogP) is 4.79. The van der Waals surface area contributed by atoms with Crippen molar-refractivity contribution in [1.29, 1.82) is 0 Å². The predicted molar refractivity (Wildman–Crippen MR) is 74.0 cm³/mol. The molecule has 0 bridgehead atoms. The summed E-state index contributed by atoms with van der Waals surface area (Å²) in [4.78, 5) is 0. The van der Waals surface area contributed by atoms with E-state index in [4.69, 9.17) is 9.84 Å². The van der Waals surface area contributed by atoms with Gasteiger partial charge in [-0.3, -0.25) is 0 Å². The van der Waals surface area contributed by atoms with Gasteiger partial charge >= 0.3 is 12.4 Å². The molecule has 138 valence electrons. The van der Waals surface area contributed by atoms with Gasteiger partial charge in [0.05, 0.1) is 24.3 Å². The average molecular weight is 370 g/mol. The topological polar surface area (TPSA) is 29.5 Å². The second kappa shape index (κ2) is 7.17. The molecule has 1 aromatic carbocycles. The summed E-state index contributed by atoms with van der Waals surface area (Å²) in [6.45, 7) is -1.10. The Hall–Kier alpha value is -1.87. The molecule has 1 aromatic rings. The summed E-state index contributed by atoms with van der Waals surface area (Å²) >= 11 is 0. The summed E-state index contributed by atoms with van der Waals surface area (Å²) < 4.78 is 95.7. The van der Waals surface area contributed by atoms with Crippen molar-refractivity contribution in [2.24, 2.45) is 0 Å². The van der Waals surface area contributed by atoms with Crippen LogP contribution in [0.4, 0.5) is 30.7 Å². The maximum atomic E-state index is 13.8. The van der Waals surface area contributed by atoms with E-state index in [1.54, 1.807) is 0 Å². The van der Waals surface area contributed by atoms with E-state index >= 15 is 0 Å². The van der Waals surface area contributed by atoms with E-state index in [0.29, 0.717) is 17.7 Å². The number of hydrogen-bond donors (Lipinski definition) is 1. The molecular formula is C16H13F7O2. The van der Waals surface area contributed by atoms with Crippen molar-refractivity contribution in [3.05, 3.63) is 58.4 Å². The monoisotopic (exact) mass is 370 g/mol. The standard InChI is InChI=1S/C16H13F7O2/c17-13-5-9(7-24)1-4-14(13)25-8-10-2-3-11(15(18,19)20)6-12(10)16(21,22)23/h1-3,5-6,14,24H,4,7-8H2. The third-order valence-corrected chi connectivity index (χ3v) is 3.59. The summed E-state index contributed by atoms with van der Waals surface area (Å²) in [5.74, 6) is -0.771. The highest BCUT2D eigenvalue weighted by molar-refractivity contribution is 5.35.